The second-order valence-corrected chi connectivity index (χ2v) is 11.5. The highest BCUT2D eigenvalue weighted by molar-refractivity contribution is 7.91. The van der Waals surface area contributed by atoms with Crippen molar-refractivity contribution in [2.24, 2.45) is 0 Å². The number of halogens is 2. The summed E-state index contributed by atoms with van der Waals surface area (Å²) in [6.07, 6.45) is 3.00. The highest BCUT2D eigenvalue weighted by atomic mass is 32.2. The molecule has 10 heteroatoms. The molecule has 0 bridgehead atoms. The molecule has 0 unspecified atom stereocenters. The largest absolute Gasteiger partial charge is 0.435 e. The van der Waals surface area contributed by atoms with Crippen LogP contribution in [0.3, 0.4) is 0 Å². The first-order chi connectivity index (χ1) is 15.9. The van der Waals surface area contributed by atoms with Gasteiger partial charge in [0.25, 0.3) is 5.91 Å². The second kappa shape index (κ2) is 8.65. The molecule has 1 heterocycles. The Kier molecular flexibility index (Phi) is 6.14. The van der Waals surface area contributed by atoms with Crippen molar-refractivity contribution >= 4 is 33.0 Å². The van der Waals surface area contributed by atoms with Crippen LogP contribution < -0.4 is 15.0 Å². The number of carbonyl (C=O) groups excluding carboxylic acids is 2. The average molecular weight is 493 g/mol. The molecule has 2 aromatic rings. The normalized spacial score (nSPS) is 21.6. The van der Waals surface area contributed by atoms with Crippen LogP contribution in [0.2, 0.25) is 0 Å². The monoisotopic (exact) mass is 492 g/mol. The third-order valence-electron chi connectivity index (χ3n) is 6.53. The van der Waals surface area contributed by atoms with Crippen LogP contribution in [0, 0.1) is 0 Å². The van der Waals surface area contributed by atoms with Gasteiger partial charge in [-0.1, -0.05) is 6.07 Å². The Labute approximate surface area is 197 Å². The van der Waals surface area contributed by atoms with Crippen LogP contribution in [0.15, 0.2) is 42.5 Å². The Morgan fingerprint density at radius 3 is 2.59 bits per heavy atom. The molecule has 1 N–H and O–H groups in total. The first-order valence-electron chi connectivity index (χ1n) is 10.9. The Morgan fingerprint density at radius 1 is 1.18 bits per heavy atom. The molecular weight excluding hydrogens is 466 g/mol. The van der Waals surface area contributed by atoms with Crippen LogP contribution >= 0.6 is 0 Å². The number of sulfone groups is 1. The van der Waals surface area contributed by atoms with Gasteiger partial charge in [-0.25, -0.2) is 8.42 Å². The highest BCUT2D eigenvalue weighted by Crippen LogP contribution is 2.46. The molecule has 182 valence electrons. The summed E-state index contributed by atoms with van der Waals surface area (Å²) in [5.41, 5.74) is 0.852. The minimum Gasteiger partial charge on any atom is -0.435 e. The third-order valence-corrected chi connectivity index (χ3v) is 8.19. The molecule has 1 aliphatic carbocycles. The lowest BCUT2D eigenvalue weighted by Gasteiger charge is -2.21. The number of fused-ring (bicyclic) bond motifs is 1. The molecule has 4 rings (SSSR count). The SMILES string of the molecule is CC1(C)C(=O)N(c2cccc(OC(F)F)c2)c2ccc(C(=O)N[C@H]3CCC[C@H]3S(C)(=O)=O)cc21. The molecule has 2 aliphatic rings. The van der Waals surface area contributed by atoms with Crippen LogP contribution in [0.1, 0.15) is 49.0 Å². The van der Waals surface area contributed by atoms with E-state index < -0.39 is 39.1 Å². The molecule has 1 saturated carbocycles. The summed E-state index contributed by atoms with van der Waals surface area (Å²) in [6.45, 7) is 0.467. The van der Waals surface area contributed by atoms with Gasteiger partial charge in [0.1, 0.15) is 5.75 Å². The lowest BCUT2D eigenvalue weighted by molar-refractivity contribution is -0.121. The van der Waals surface area contributed by atoms with Gasteiger partial charge in [-0.05, 0) is 69.0 Å². The summed E-state index contributed by atoms with van der Waals surface area (Å²) in [4.78, 5) is 27.7. The molecule has 2 aromatic carbocycles. The van der Waals surface area contributed by atoms with E-state index >= 15 is 0 Å². The minimum absolute atomic E-state index is 0.0699. The van der Waals surface area contributed by atoms with Gasteiger partial charge in [0, 0.05) is 23.9 Å². The molecule has 7 nitrogen and oxygen atoms in total. The van der Waals surface area contributed by atoms with Gasteiger partial charge in [0.05, 0.1) is 22.0 Å². The third kappa shape index (κ3) is 4.38. The Bertz CT molecular complexity index is 1250. The van der Waals surface area contributed by atoms with Crippen LogP contribution in [0.25, 0.3) is 0 Å². The van der Waals surface area contributed by atoms with E-state index in [1.165, 1.54) is 29.4 Å². The van der Waals surface area contributed by atoms with Crippen molar-refractivity contribution in [1.82, 2.24) is 5.32 Å². The number of nitrogens with zero attached hydrogens (tertiary/aromatic N) is 1. The number of alkyl halides is 2. The topological polar surface area (TPSA) is 92.8 Å². The number of hydrogen-bond acceptors (Lipinski definition) is 5. The summed E-state index contributed by atoms with van der Waals surface area (Å²) in [5, 5.41) is 2.24. The minimum atomic E-state index is -3.29. The van der Waals surface area contributed by atoms with Crippen molar-refractivity contribution in [2.75, 3.05) is 11.2 Å². The number of rotatable bonds is 6. The molecule has 2 amide bonds. The van der Waals surface area contributed by atoms with Crippen molar-refractivity contribution in [2.45, 2.75) is 56.4 Å². The maximum atomic E-state index is 13.3. The highest BCUT2D eigenvalue weighted by Gasteiger charge is 2.45. The molecular formula is C24H26F2N2O5S. The number of carbonyl (C=O) groups is 2. The maximum Gasteiger partial charge on any atom is 0.387 e. The van der Waals surface area contributed by atoms with Gasteiger partial charge in [-0.2, -0.15) is 8.78 Å². The van der Waals surface area contributed by atoms with E-state index in [0.29, 0.717) is 35.3 Å². The maximum absolute atomic E-state index is 13.3. The van der Waals surface area contributed by atoms with E-state index in [-0.39, 0.29) is 11.7 Å². The lowest BCUT2D eigenvalue weighted by Crippen LogP contribution is -2.43. The smallest absolute Gasteiger partial charge is 0.387 e. The number of ether oxygens (including phenoxy) is 1. The van der Waals surface area contributed by atoms with Gasteiger partial charge in [-0.15, -0.1) is 0 Å². The van der Waals surface area contributed by atoms with Gasteiger partial charge < -0.3 is 10.1 Å². The van der Waals surface area contributed by atoms with E-state index in [4.69, 9.17) is 0 Å². The van der Waals surface area contributed by atoms with Gasteiger partial charge in [-0.3, -0.25) is 14.5 Å². The first-order valence-corrected chi connectivity index (χ1v) is 12.9. The van der Waals surface area contributed by atoms with E-state index in [1.807, 2.05) is 0 Å². The van der Waals surface area contributed by atoms with Crippen LogP contribution in [-0.4, -0.2) is 44.4 Å². The summed E-state index contributed by atoms with van der Waals surface area (Å²) >= 11 is 0. The average Bonchev–Trinajstić information content (AvgIpc) is 3.29. The molecule has 2 atom stereocenters. The van der Waals surface area contributed by atoms with Crippen molar-refractivity contribution in [1.29, 1.82) is 0 Å². The molecule has 1 aliphatic heterocycles. The predicted molar refractivity (Wildman–Crippen MR) is 123 cm³/mol. The molecule has 0 radical (unpaired) electrons. The molecule has 0 spiro atoms. The van der Waals surface area contributed by atoms with Crippen molar-refractivity contribution in [3.63, 3.8) is 0 Å². The van der Waals surface area contributed by atoms with E-state index in [1.54, 1.807) is 38.1 Å². The first kappa shape index (κ1) is 24.1. The fourth-order valence-electron chi connectivity index (χ4n) is 4.79. The Balaban J connectivity index is 1.64. The van der Waals surface area contributed by atoms with Crippen LogP contribution in [-0.2, 0) is 20.0 Å². The molecule has 1 fully saturated rings. The zero-order valence-corrected chi connectivity index (χ0v) is 19.9. The number of benzene rings is 2. The van der Waals surface area contributed by atoms with E-state index in [9.17, 15) is 26.8 Å². The summed E-state index contributed by atoms with van der Waals surface area (Å²) < 4.78 is 53.9. The van der Waals surface area contributed by atoms with Crippen molar-refractivity contribution in [3.05, 3.63) is 53.6 Å². The second-order valence-electron chi connectivity index (χ2n) is 9.25. The van der Waals surface area contributed by atoms with Crippen molar-refractivity contribution in [3.8, 4) is 5.75 Å². The fourth-order valence-corrected chi connectivity index (χ4v) is 6.18. The number of nitrogens with one attached hydrogen (secondary N) is 1. The molecule has 0 saturated heterocycles. The summed E-state index contributed by atoms with van der Waals surface area (Å²) in [6, 6.07) is 10.3. The van der Waals surface area contributed by atoms with Gasteiger partial charge >= 0.3 is 6.61 Å². The number of anilines is 2. The fraction of sp³-hybridized carbons (Fsp3) is 0.417. The van der Waals surface area contributed by atoms with Gasteiger partial charge in [0.15, 0.2) is 9.84 Å². The Morgan fingerprint density at radius 2 is 1.91 bits per heavy atom. The summed E-state index contributed by atoms with van der Waals surface area (Å²) in [5.74, 6) is -0.751. The van der Waals surface area contributed by atoms with Crippen LogP contribution in [0.5, 0.6) is 5.75 Å². The number of hydrogen-bond donors (Lipinski definition) is 1. The van der Waals surface area contributed by atoms with E-state index in [2.05, 4.69) is 10.1 Å². The quantitative estimate of drug-likeness (QED) is 0.660. The number of amides is 2. The van der Waals surface area contributed by atoms with Crippen molar-refractivity contribution < 1.29 is 31.5 Å². The molecule has 34 heavy (non-hydrogen) atoms. The zero-order chi connectivity index (χ0) is 24.8. The standard InChI is InChI=1S/C24H26F2N2O5S/c1-24(2)17-12-14(21(29)27-18-8-5-9-20(18)34(3,31)32)10-11-19(17)28(22(24)30)15-6-4-7-16(13-15)33-23(25)26/h4,6-7,10-13,18,20,23H,5,8-9H2,1-3H3,(H,27,29)/t18-,20+/m0/s1. The van der Waals surface area contributed by atoms with Crippen LogP contribution in [0.4, 0.5) is 20.2 Å². The van der Waals surface area contributed by atoms with E-state index in [0.717, 1.165) is 6.42 Å². The summed E-state index contributed by atoms with van der Waals surface area (Å²) in [7, 11) is -3.29. The Hall–Kier alpha value is -3.01. The lowest BCUT2D eigenvalue weighted by atomic mass is 9.85. The van der Waals surface area contributed by atoms with Gasteiger partial charge in [0.2, 0.25) is 5.91 Å². The predicted octanol–water partition coefficient (Wildman–Crippen LogP) is 3.94. The molecule has 0 aromatic heterocycles. The zero-order valence-electron chi connectivity index (χ0n) is 19.0.